The minimum atomic E-state index is 0.653. The van der Waals surface area contributed by atoms with Gasteiger partial charge in [-0.2, -0.15) is 0 Å². The van der Waals surface area contributed by atoms with E-state index in [0.717, 1.165) is 22.8 Å². The molecule has 8 heteroatoms. The molecule has 26 heavy (non-hydrogen) atoms. The first-order valence-corrected chi connectivity index (χ1v) is 8.47. The van der Waals surface area contributed by atoms with Gasteiger partial charge in [0.15, 0.2) is 11.5 Å². The van der Waals surface area contributed by atoms with Crippen LogP contribution in [-0.4, -0.2) is 39.8 Å². The van der Waals surface area contributed by atoms with Gasteiger partial charge in [0.2, 0.25) is 0 Å². The van der Waals surface area contributed by atoms with E-state index in [9.17, 15) is 0 Å². The third-order valence-electron chi connectivity index (χ3n) is 4.56. The molecule has 128 valence electrons. The predicted octanol–water partition coefficient (Wildman–Crippen LogP) is 2.03. The summed E-state index contributed by atoms with van der Waals surface area (Å²) in [6, 6.07) is 14.1. The molecule has 4 heterocycles. The van der Waals surface area contributed by atoms with E-state index >= 15 is 0 Å². The van der Waals surface area contributed by atoms with Gasteiger partial charge in [0.05, 0.1) is 6.54 Å². The zero-order valence-electron chi connectivity index (χ0n) is 13.9. The molecule has 0 aliphatic carbocycles. The van der Waals surface area contributed by atoms with Crippen LogP contribution in [0.1, 0.15) is 17.2 Å². The van der Waals surface area contributed by atoms with Gasteiger partial charge in [0.25, 0.3) is 0 Å². The Labute approximate surface area is 148 Å². The van der Waals surface area contributed by atoms with Crippen molar-refractivity contribution in [1.29, 1.82) is 0 Å². The summed E-state index contributed by atoms with van der Waals surface area (Å²) >= 11 is 0. The molecule has 5 rings (SSSR count). The summed E-state index contributed by atoms with van der Waals surface area (Å²) in [5, 5.41) is 21.9. The standard InChI is InChI=1S/C18H16N8/c1-2-6-15-14(5-1)13(12-19-15)11-18-22-23-24-26(18)10-8-17-21-20-16-7-3-4-9-25(16)17/h1-7,9,12,19H,8,10-11H2. The molecule has 1 aromatic carbocycles. The van der Waals surface area contributed by atoms with Crippen molar-refractivity contribution in [3.63, 3.8) is 0 Å². The molecule has 0 aliphatic rings. The van der Waals surface area contributed by atoms with Crippen molar-refractivity contribution in [2.24, 2.45) is 0 Å². The first kappa shape index (κ1) is 14.8. The second-order valence-electron chi connectivity index (χ2n) is 6.15. The van der Waals surface area contributed by atoms with E-state index in [2.05, 4.69) is 42.8 Å². The van der Waals surface area contributed by atoms with Crippen molar-refractivity contribution in [3.05, 3.63) is 72.1 Å². The van der Waals surface area contributed by atoms with E-state index in [1.807, 2.05) is 51.8 Å². The second kappa shape index (κ2) is 6.07. The summed E-state index contributed by atoms with van der Waals surface area (Å²) in [6.45, 7) is 0.653. The van der Waals surface area contributed by atoms with Crippen LogP contribution in [-0.2, 0) is 19.4 Å². The van der Waals surface area contributed by atoms with Crippen LogP contribution in [0.15, 0.2) is 54.9 Å². The van der Waals surface area contributed by atoms with Crippen molar-refractivity contribution < 1.29 is 0 Å². The number of fused-ring (bicyclic) bond motifs is 2. The molecule has 4 aromatic heterocycles. The van der Waals surface area contributed by atoms with E-state index in [1.165, 1.54) is 10.9 Å². The van der Waals surface area contributed by atoms with Crippen LogP contribution in [0.4, 0.5) is 0 Å². The number of hydrogen-bond acceptors (Lipinski definition) is 5. The van der Waals surface area contributed by atoms with E-state index in [0.29, 0.717) is 19.4 Å². The number of nitrogens with one attached hydrogen (secondary N) is 1. The largest absolute Gasteiger partial charge is 0.361 e. The number of H-pyrrole nitrogens is 1. The average Bonchev–Trinajstić information content (AvgIpc) is 3.40. The normalized spacial score (nSPS) is 11.5. The Hall–Kier alpha value is -3.55. The van der Waals surface area contributed by atoms with E-state index < -0.39 is 0 Å². The molecule has 0 spiro atoms. The summed E-state index contributed by atoms with van der Waals surface area (Å²) in [7, 11) is 0. The molecule has 0 radical (unpaired) electrons. The van der Waals surface area contributed by atoms with Gasteiger partial charge in [-0.05, 0) is 34.2 Å². The number of nitrogens with zero attached hydrogens (tertiary/aromatic N) is 7. The van der Waals surface area contributed by atoms with Crippen molar-refractivity contribution in [2.75, 3.05) is 0 Å². The Morgan fingerprint density at radius 3 is 2.85 bits per heavy atom. The maximum absolute atomic E-state index is 4.27. The first-order valence-electron chi connectivity index (χ1n) is 8.47. The average molecular weight is 344 g/mol. The Balaban J connectivity index is 1.38. The minimum absolute atomic E-state index is 0.653. The number of aromatic nitrogens is 8. The van der Waals surface area contributed by atoms with E-state index in [4.69, 9.17) is 0 Å². The lowest BCUT2D eigenvalue weighted by atomic mass is 10.1. The fourth-order valence-corrected chi connectivity index (χ4v) is 3.24. The predicted molar refractivity (Wildman–Crippen MR) is 95.6 cm³/mol. The summed E-state index contributed by atoms with van der Waals surface area (Å²) in [5.41, 5.74) is 3.15. The van der Waals surface area contributed by atoms with Crippen LogP contribution in [0, 0.1) is 0 Å². The van der Waals surface area contributed by atoms with Gasteiger partial charge in [-0.25, -0.2) is 4.68 Å². The Morgan fingerprint density at radius 2 is 1.85 bits per heavy atom. The fraction of sp³-hybridized carbons (Fsp3) is 0.167. The fourth-order valence-electron chi connectivity index (χ4n) is 3.24. The molecular formula is C18H16N8. The van der Waals surface area contributed by atoms with Gasteiger partial charge in [-0.3, -0.25) is 4.40 Å². The first-order chi connectivity index (χ1) is 12.9. The highest BCUT2D eigenvalue weighted by molar-refractivity contribution is 5.83. The van der Waals surface area contributed by atoms with Crippen LogP contribution >= 0.6 is 0 Å². The number of benzene rings is 1. The third-order valence-corrected chi connectivity index (χ3v) is 4.56. The van der Waals surface area contributed by atoms with Crippen LogP contribution in [0.3, 0.4) is 0 Å². The molecule has 0 unspecified atom stereocenters. The molecule has 0 fully saturated rings. The van der Waals surface area contributed by atoms with Crippen molar-refractivity contribution >= 4 is 16.6 Å². The lowest BCUT2D eigenvalue weighted by Gasteiger charge is -2.04. The number of pyridine rings is 1. The quantitative estimate of drug-likeness (QED) is 0.527. The molecule has 0 saturated carbocycles. The summed E-state index contributed by atoms with van der Waals surface area (Å²) in [4.78, 5) is 3.30. The number of rotatable bonds is 5. The van der Waals surface area contributed by atoms with Gasteiger partial charge in [-0.1, -0.05) is 24.3 Å². The molecule has 8 nitrogen and oxygen atoms in total. The van der Waals surface area contributed by atoms with Crippen LogP contribution in [0.25, 0.3) is 16.6 Å². The van der Waals surface area contributed by atoms with E-state index in [-0.39, 0.29) is 0 Å². The molecule has 0 amide bonds. The molecule has 1 N–H and O–H groups in total. The highest BCUT2D eigenvalue weighted by atomic mass is 15.5. The van der Waals surface area contributed by atoms with Crippen LogP contribution < -0.4 is 0 Å². The lowest BCUT2D eigenvalue weighted by Crippen LogP contribution is -2.10. The van der Waals surface area contributed by atoms with Gasteiger partial charge < -0.3 is 4.98 Å². The summed E-state index contributed by atoms with van der Waals surface area (Å²) in [5.74, 6) is 1.73. The number of hydrogen-bond donors (Lipinski definition) is 1. The summed E-state index contributed by atoms with van der Waals surface area (Å²) < 4.78 is 3.83. The molecule has 0 aliphatic heterocycles. The zero-order valence-corrected chi connectivity index (χ0v) is 13.9. The number of tetrazole rings is 1. The lowest BCUT2D eigenvalue weighted by molar-refractivity contribution is 0.557. The van der Waals surface area contributed by atoms with Crippen molar-refractivity contribution in [3.8, 4) is 0 Å². The second-order valence-corrected chi connectivity index (χ2v) is 6.15. The topological polar surface area (TPSA) is 89.6 Å². The van der Waals surface area contributed by atoms with Crippen molar-refractivity contribution in [1.82, 2.24) is 39.8 Å². The van der Waals surface area contributed by atoms with Gasteiger partial charge in [0.1, 0.15) is 5.82 Å². The Morgan fingerprint density at radius 1 is 0.923 bits per heavy atom. The monoisotopic (exact) mass is 344 g/mol. The highest BCUT2D eigenvalue weighted by Crippen LogP contribution is 2.20. The molecular weight excluding hydrogens is 328 g/mol. The number of aryl methyl sites for hydroxylation is 2. The van der Waals surface area contributed by atoms with E-state index in [1.54, 1.807) is 0 Å². The van der Waals surface area contributed by atoms with Gasteiger partial charge in [-0.15, -0.1) is 15.3 Å². The molecule has 0 bridgehead atoms. The number of para-hydroxylation sites is 1. The van der Waals surface area contributed by atoms with Gasteiger partial charge >= 0.3 is 0 Å². The molecule has 0 saturated heterocycles. The van der Waals surface area contributed by atoms with Crippen LogP contribution in [0.5, 0.6) is 0 Å². The number of aromatic amines is 1. The molecule has 0 atom stereocenters. The minimum Gasteiger partial charge on any atom is -0.361 e. The van der Waals surface area contributed by atoms with Gasteiger partial charge in [0, 0.05) is 36.1 Å². The maximum Gasteiger partial charge on any atom is 0.160 e. The summed E-state index contributed by atoms with van der Waals surface area (Å²) in [6.07, 6.45) is 5.38. The van der Waals surface area contributed by atoms with Crippen LogP contribution in [0.2, 0.25) is 0 Å². The maximum atomic E-state index is 4.27. The third kappa shape index (κ3) is 2.52. The SMILES string of the molecule is c1ccc2c(Cc3nnnn3CCc3nnc4ccccn34)c[nH]c2c1. The Bertz CT molecular complexity index is 1180. The zero-order chi connectivity index (χ0) is 17.3. The smallest absolute Gasteiger partial charge is 0.160 e. The Kier molecular flexibility index (Phi) is 3.45. The van der Waals surface area contributed by atoms with Crippen molar-refractivity contribution in [2.45, 2.75) is 19.4 Å². The molecule has 5 aromatic rings. The highest BCUT2D eigenvalue weighted by Gasteiger charge is 2.12.